The van der Waals surface area contributed by atoms with Crippen molar-refractivity contribution in [2.24, 2.45) is 4.99 Å². The molecular formula is C47H80N2O. The normalized spacial score (nSPS) is 12.3. The molecule has 50 heavy (non-hydrogen) atoms. The zero-order valence-electron chi connectivity index (χ0n) is 34.9. The number of unbranched alkanes of at least 4 members (excludes halogenated alkanes) is 14. The van der Waals surface area contributed by atoms with Crippen molar-refractivity contribution in [2.75, 3.05) is 11.9 Å². The number of amidine groups is 1. The Labute approximate surface area is 311 Å². The maximum absolute atomic E-state index is 6.34. The number of anilines is 1. The van der Waals surface area contributed by atoms with Gasteiger partial charge < -0.3 is 10.1 Å². The molecule has 0 aromatic heterocycles. The maximum atomic E-state index is 6.34. The van der Waals surface area contributed by atoms with Gasteiger partial charge in [0.15, 0.2) is 0 Å². The van der Waals surface area contributed by atoms with E-state index in [-0.39, 0.29) is 0 Å². The van der Waals surface area contributed by atoms with Crippen molar-refractivity contribution >= 4 is 17.4 Å². The third-order valence-electron chi connectivity index (χ3n) is 10.3. The quantitative estimate of drug-likeness (QED) is 0.0640. The monoisotopic (exact) mass is 689 g/mol. The number of ether oxygens (including phenoxy) is 1. The van der Waals surface area contributed by atoms with E-state index in [4.69, 9.17) is 9.73 Å². The molecule has 0 heterocycles. The lowest BCUT2D eigenvalue weighted by Crippen LogP contribution is -2.20. The van der Waals surface area contributed by atoms with Crippen molar-refractivity contribution in [3.8, 4) is 0 Å². The number of hydrogen-bond donors (Lipinski definition) is 1. The Morgan fingerprint density at radius 2 is 0.840 bits per heavy atom. The van der Waals surface area contributed by atoms with Crippen LogP contribution in [-0.4, -0.2) is 12.6 Å². The Morgan fingerprint density at radius 1 is 0.500 bits per heavy atom. The summed E-state index contributed by atoms with van der Waals surface area (Å²) >= 11 is 0. The number of nitrogens with one attached hydrogen (secondary N) is 1. The number of aliphatic imine (C=N–C) groups is 1. The Kier molecular flexibility index (Phi) is 21.8. The molecule has 0 saturated carbocycles. The molecule has 0 aliphatic rings. The van der Waals surface area contributed by atoms with Crippen LogP contribution in [0.4, 0.5) is 11.4 Å². The summed E-state index contributed by atoms with van der Waals surface area (Å²) in [4.78, 5) is 5.38. The Hall–Kier alpha value is -2.29. The lowest BCUT2D eigenvalue weighted by atomic mass is 9.88. The molecule has 0 radical (unpaired) electrons. The summed E-state index contributed by atoms with van der Waals surface area (Å²) in [6, 6.07) is 10.4. The van der Waals surface area contributed by atoms with Gasteiger partial charge in [0.25, 0.3) is 6.02 Å². The van der Waals surface area contributed by atoms with Crippen molar-refractivity contribution in [1.29, 1.82) is 0 Å². The smallest absolute Gasteiger partial charge is 0.294 e. The van der Waals surface area contributed by atoms with Crippen molar-refractivity contribution < 1.29 is 4.74 Å². The molecule has 0 unspecified atom stereocenters. The van der Waals surface area contributed by atoms with Gasteiger partial charge in [-0.2, -0.15) is 4.99 Å². The van der Waals surface area contributed by atoms with E-state index in [2.05, 4.69) is 106 Å². The number of nitrogens with zero attached hydrogens (tertiary/aromatic N) is 1. The molecule has 0 atom stereocenters. The third kappa shape index (κ3) is 15.5. The number of rotatable bonds is 25. The zero-order valence-corrected chi connectivity index (χ0v) is 34.9. The minimum atomic E-state index is 0.376. The average Bonchev–Trinajstić information content (AvgIpc) is 3.07. The second-order valence-corrected chi connectivity index (χ2v) is 16.3. The van der Waals surface area contributed by atoms with E-state index in [1.807, 2.05) is 0 Å². The minimum Gasteiger partial charge on any atom is -0.465 e. The van der Waals surface area contributed by atoms with Gasteiger partial charge >= 0.3 is 0 Å². The van der Waals surface area contributed by atoms with E-state index in [1.165, 1.54) is 142 Å². The predicted molar refractivity (Wildman–Crippen MR) is 224 cm³/mol. The predicted octanol–water partition coefficient (Wildman–Crippen LogP) is 15.7. The molecule has 0 aliphatic carbocycles. The van der Waals surface area contributed by atoms with Gasteiger partial charge in [0, 0.05) is 5.69 Å². The summed E-state index contributed by atoms with van der Waals surface area (Å²) in [7, 11) is 0. The SMILES string of the molecule is CCCCCCCCCCc1cc(C(C)C)c(N=C(Nc2c(C(C)C)cc(CCCCCCCCCC)cc2C(C)C)OCC)c(C(C)C)c1. The first-order valence-electron chi connectivity index (χ1n) is 21.4. The van der Waals surface area contributed by atoms with E-state index < -0.39 is 0 Å². The summed E-state index contributed by atoms with van der Waals surface area (Å²) in [5.74, 6) is 1.54. The molecule has 0 saturated heterocycles. The van der Waals surface area contributed by atoms with E-state index in [0.29, 0.717) is 36.3 Å². The minimum absolute atomic E-state index is 0.376. The molecule has 0 amide bonds. The fraction of sp³-hybridized carbons (Fsp3) is 0.723. The first kappa shape index (κ1) is 43.9. The highest BCUT2D eigenvalue weighted by Gasteiger charge is 2.21. The van der Waals surface area contributed by atoms with Gasteiger partial charge in [-0.05, 0) is 89.7 Å². The highest BCUT2D eigenvalue weighted by molar-refractivity contribution is 5.93. The molecule has 0 spiro atoms. The van der Waals surface area contributed by atoms with E-state index in [1.54, 1.807) is 0 Å². The zero-order chi connectivity index (χ0) is 36.9. The second-order valence-electron chi connectivity index (χ2n) is 16.3. The van der Waals surface area contributed by atoms with Crippen molar-refractivity contribution in [2.45, 2.75) is 215 Å². The summed E-state index contributed by atoms with van der Waals surface area (Å²) in [6.45, 7) is 25.8. The molecule has 284 valence electrons. The fourth-order valence-corrected chi connectivity index (χ4v) is 7.22. The van der Waals surface area contributed by atoms with Gasteiger partial charge in [0.2, 0.25) is 0 Å². The average molecular weight is 689 g/mol. The number of benzene rings is 2. The summed E-state index contributed by atoms with van der Waals surface area (Å²) < 4.78 is 6.34. The Morgan fingerprint density at radius 3 is 1.18 bits per heavy atom. The van der Waals surface area contributed by atoms with Crippen LogP contribution in [0.1, 0.15) is 236 Å². The highest BCUT2D eigenvalue weighted by Crippen LogP contribution is 2.38. The van der Waals surface area contributed by atoms with Crippen LogP contribution in [0.2, 0.25) is 0 Å². The first-order valence-corrected chi connectivity index (χ1v) is 21.4. The molecule has 0 fully saturated rings. The molecule has 3 nitrogen and oxygen atoms in total. The van der Waals surface area contributed by atoms with Gasteiger partial charge in [-0.25, -0.2) is 0 Å². The molecule has 2 aromatic rings. The van der Waals surface area contributed by atoms with Crippen LogP contribution < -0.4 is 5.32 Å². The van der Waals surface area contributed by atoms with Gasteiger partial charge in [0.05, 0.1) is 12.3 Å². The highest BCUT2D eigenvalue weighted by atomic mass is 16.5. The lowest BCUT2D eigenvalue weighted by molar-refractivity contribution is 0.326. The second kappa shape index (κ2) is 24.8. The largest absolute Gasteiger partial charge is 0.465 e. The molecule has 0 aliphatic heterocycles. The fourth-order valence-electron chi connectivity index (χ4n) is 7.22. The lowest BCUT2D eigenvalue weighted by Gasteiger charge is -2.24. The number of hydrogen-bond acceptors (Lipinski definition) is 2. The summed E-state index contributed by atoms with van der Waals surface area (Å²) in [5, 5.41) is 3.80. The van der Waals surface area contributed by atoms with Gasteiger partial charge in [-0.1, -0.05) is 183 Å². The summed E-state index contributed by atoms with van der Waals surface area (Å²) in [6.07, 6.45) is 24.0. The molecule has 1 N–H and O–H groups in total. The van der Waals surface area contributed by atoms with Crippen molar-refractivity contribution in [3.63, 3.8) is 0 Å². The van der Waals surface area contributed by atoms with Crippen LogP contribution in [0.25, 0.3) is 0 Å². The van der Waals surface area contributed by atoms with Gasteiger partial charge in [-0.3, -0.25) is 0 Å². The first-order chi connectivity index (χ1) is 24.0. The molecule has 3 heteroatoms. The summed E-state index contributed by atoms with van der Waals surface area (Å²) in [5.41, 5.74) is 10.6. The van der Waals surface area contributed by atoms with Crippen LogP contribution in [0.5, 0.6) is 0 Å². The third-order valence-corrected chi connectivity index (χ3v) is 10.3. The van der Waals surface area contributed by atoms with E-state index in [9.17, 15) is 0 Å². The van der Waals surface area contributed by atoms with Crippen LogP contribution in [-0.2, 0) is 17.6 Å². The van der Waals surface area contributed by atoms with E-state index in [0.717, 1.165) is 18.5 Å². The molecule has 2 rings (SSSR count). The topological polar surface area (TPSA) is 33.6 Å². The van der Waals surface area contributed by atoms with Crippen LogP contribution in [0.15, 0.2) is 29.3 Å². The van der Waals surface area contributed by atoms with Crippen molar-refractivity contribution in [1.82, 2.24) is 0 Å². The van der Waals surface area contributed by atoms with Crippen LogP contribution in [0.3, 0.4) is 0 Å². The van der Waals surface area contributed by atoms with Crippen LogP contribution in [0, 0.1) is 0 Å². The Balaban J connectivity index is 2.37. The van der Waals surface area contributed by atoms with Gasteiger partial charge in [-0.15, -0.1) is 0 Å². The molecule has 2 aromatic carbocycles. The standard InChI is InChI=1S/C47H80N2O/c1-12-15-17-19-21-23-25-27-29-39-31-41(35(4)5)45(42(32-39)36(6)7)48-47(50-14-3)49-46-43(37(8)9)33-40(34-44(46)38(10)11)30-28-26-24-22-20-18-16-13-2/h31-38H,12-30H2,1-11H3,(H,48,49). The van der Waals surface area contributed by atoms with Crippen LogP contribution >= 0.6 is 0 Å². The van der Waals surface area contributed by atoms with Gasteiger partial charge in [0.1, 0.15) is 0 Å². The Bertz CT molecular complexity index is 1180. The number of aryl methyl sites for hydroxylation is 2. The molecule has 0 bridgehead atoms. The molecular weight excluding hydrogens is 609 g/mol. The van der Waals surface area contributed by atoms with E-state index >= 15 is 0 Å². The maximum Gasteiger partial charge on any atom is 0.294 e. The van der Waals surface area contributed by atoms with Crippen molar-refractivity contribution in [3.05, 3.63) is 57.6 Å².